The van der Waals surface area contributed by atoms with Gasteiger partial charge in [0.2, 0.25) is 0 Å². The third-order valence-corrected chi connectivity index (χ3v) is 2.56. The van der Waals surface area contributed by atoms with Crippen molar-refractivity contribution < 1.29 is 9.84 Å². The largest absolute Gasteiger partial charge is 0.391 e. The summed E-state index contributed by atoms with van der Waals surface area (Å²) in [6.45, 7) is 0.906. The SMILES string of the molecule is COCCc1ccc(CO)s1. The van der Waals surface area contributed by atoms with Gasteiger partial charge in [0.15, 0.2) is 0 Å². The Bertz CT molecular complexity index is 208. The summed E-state index contributed by atoms with van der Waals surface area (Å²) in [4.78, 5) is 2.30. The average molecular weight is 172 g/mol. The molecule has 11 heavy (non-hydrogen) atoms. The standard InChI is InChI=1S/C8H12O2S/c1-10-5-4-7-2-3-8(6-9)11-7/h2-3,9H,4-6H2,1H3. The van der Waals surface area contributed by atoms with Gasteiger partial charge in [-0.15, -0.1) is 11.3 Å². The van der Waals surface area contributed by atoms with E-state index >= 15 is 0 Å². The average Bonchev–Trinajstić information content (AvgIpc) is 2.48. The number of hydrogen-bond acceptors (Lipinski definition) is 3. The van der Waals surface area contributed by atoms with Crippen LogP contribution in [0.15, 0.2) is 12.1 Å². The van der Waals surface area contributed by atoms with Crippen LogP contribution in [-0.4, -0.2) is 18.8 Å². The van der Waals surface area contributed by atoms with Crippen LogP contribution in [0.3, 0.4) is 0 Å². The van der Waals surface area contributed by atoms with E-state index in [2.05, 4.69) is 0 Å². The zero-order valence-corrected chi connectivity index (χ0v) is 7.36. The molecule has 0 spiro atoms. The Morgan fingerprint density at radius 2 is 2.18 bits per heavy atom. The molecule has 0 atom stereocenters. The van der Waals surface area contributed by atoms with E-state index in [0.29, 0.717) is 0 Å². The maximum Gasteiger partial charge on any atom is 0.0774 e. The minimum Gasteiger partial charge on any atom is -0.391 e. The van der Waals surface area contributed by atoms with Gasteiger partial charge in [-0.3, -0.25) is 0 Å². The second-order valence-corrected chi connectivity index (χ2v) is 3.52. The first kappa shape index (κ1) is 8.71. The lowest BCUT2D eigenvalue weighted by Crippen LogP contribution is -1.90. The maximum absolute atomic E-state index is 8.76. The first-order chi connectivity index (χ1) is 5.36. The van der Waals surface area contributed by atoms with Crippen LogP contribution in [-0.2, 0) is 17.8 Å². The zero-order valence-electron chi connectivity index (χ0n) is 6.54. The van der Waals surface area contributed by atoms with Crippen LogP contribution >= 0.6 is 11.3 Å². The monoisotopic (exact) mass is 172 g/mol. The molecule has 0 saturated carbocycles. The molecule has 1 rings (SSSR count). The Hall–Kier alpha value is -0.380. The number of ether oxygens (including phenoxy) is 1. The number of aliphatic hydroxyl groups excluding tert-OH is 1. The van der Waals surface area contributed by atoms with Crippen LogP contribution in [0, 0.1) is 0 Å². The van der Waals surface area contributed by atoms with Crippen LogP contribution in [0.25, 0.3) is 0 Å². The lowest BCUT2D eigenvalue weighted by atomic mass is 10.3. The third kappa shape index (κ3) is 2.61. The highest BCUT2D eigenvalue weighted by molar-refractivity contribution is 7.11. The van der Waals surface area contributed by atoms with E-state index in [4.69, 9.17) is 9.84 Å². The molecule has 62 valence electrons. The van der Waals surface area contributed by atoms with E-state index < -0.39 is 0 Å². The summed E-state index contributed by atoms with van der Waals surface area (Å²) in [5, 5.41) is 8.76. The van der Waals surface area contributed by atoms with Crippen molar-refractivity contribution in [2.24, 2.45) is 0 Å². The van der Waals surface area contributed by atoms with Crippen molar-refractivity contribution in [2.75, 3.05) is 13.7 Å². The molecule has 0 saturated heterocycles. The highest BCUT2D eigenvalue weighted by Gasteiger charge is 1.97. The molecule has 0 bridgehead atoms. The highest BCUT2D eigenvalue weighted by Crippen LogP contribution is 2.16. The summed E-state index contributed by atoms with van der Waals surface area (Å²) in [5.74, 6) is 0. The first-order valence-electron chi connectivity index (χ1n) is 3.54. The van der Waals surface area contributed by atoms with Crippen molar-refractivity contribution in [3.05, 3.63) is 21.9 Å². The molecule has 2 nitrogen and oxygen atoms in total. The summed E-state index contributed by atoms with van der Waals surface area (Å²) < 4.78 is 4.93. The summed E-state index contributed by atoms with van der Waals surface area (Å²) in [7, 11) is 1.70. The fourth-order valence-electron chi connectivity index (χ4n) is 0.844. The normalized spacial score (nSPS) is 10.4. The molecular formula is C8H12O2S. The van der Waals surface area contributed by atoms with Gasteiger partial charge in [-0.25, -0.2) is 0 Å². The van der Waals surface area contributed by atoms with Gasteiger partial charge >= 0.3 is 0 Å². The van der Waals surface area contributed by atoms with Gasteiger partial charge in [0.1, 0.15) is 0 Å². The van der Waals surface area contributed by atoms with Crippen LogP contribution in [0.5, 0.6) is 0 Å². The summed E-state index contributed by atoms with van der Waals surface area (Å²) >= 11 is 1.64. The Kier molecular flexibility index (Phi) is 3.56. The molecule has 0 unspecified atom stereocenters. The molecule has 3 heteroatoms. The van der Waals surface area contributed by atoms with Gasteiger partial charge in [0.05, 0.1) is 13.2 Å². The third-order valence-electron chi connectivity index (χ3n) is 1.43. The summed E-state index contributed by atoms with van der Waals surface area (Å²) in [6, 6.07) is 3.99. The van der Waals surface area contributed by atoms with Gasteiger partial charge < -0.3 is 9.84 Å². The van der Waals surface area contributed by atoms with Crippen molar-refractivity contribution in [1.29, 1.82) is 0 Å². The minimum absolute atomic E-state index is 0.150. The second kappa shape index (κ2) is 4.49. The van der Waals surface area contributed by atoms with E-state index in [9.17, 15) is 0 Å². The van der Waals surface area contributed by atoms with Gasteiger partial charge in [0.25, 0.3) is 0 Å². The molecule has 0 fully saturated rings. The smallest absolute Gasteiger partial charge is 0.0774 e. The van der Waals surface area contributed by atoms with Crippen LogP contribution < -0.4 is 0 Å². The number of aliphatic hydroxyl groups is 1. The summed E-state index contributed by atoms with van der Waals surface area (Å²) in [6.07, 6.45) is 0.946. The predicted molar refractivity (Wildman–Crippen MR) is 45.8 cm³/mol. The minimum atomic E-state index is 0.150. The van der Waals surface area contributed by atoms with Crippen molar-refractivity contribution in [1.82, 2.24) is 0 Å². The molecule has 1 aromatic heterocycles. The van der Waals surface area contributed by atoms with Gasteiger partial charge in [-0.1, -0.05) is 0 Å². The van der Waals surface area contributed by atoms with Crippen LogP contribution in [0.4, 0.5) is 0 Å². The van der Waals surface area contributed by atoms with E-state index in [-0.39, 0.29) is 6.61 Å². The number of methoxy groups -OCH3 is 1. The molecule has 0 radical (unpaired) electrons. The van der Waals surface area contributed by atoms with E-state index in [1.807, 2.05) is 12.1 Å². The zero-order chi connectivity index (χ0) is 8.10. The van der Waals surface area contributed by atoms with Crippen molar-refractivity contribution in [3.63, 3.8) is 0 Å². The second-order valence-electron chi connectivity index (χ2n) is 2.27. The number of rotatable bonds is 4. The molecule has 0 aliphatic heterocycles. The fraction of sp³-hybridized carbons (Fsp3) is 0.500. The molecule has 0 aliphatic carbocycles. The van der Waals surface area contributed by atoms with Gasteiger partial charge in [-0.2, -0.15) is 0 Å². The number of hydrogen-bond donors (Lipinski definition) is 1. The van der Waals surface area contributed by atoms with Gasteiger partial charge in [0, 0.05) is 23.3 Å². The topological polar surface area (TPSA) is 29.5 Å². The number of thiophene rings is 1. The van der Waals surface area contributed by atoms with E-state index in [1.165, 1.54) is 4.88 Å². The Balaban J connectivity index is 2.44. The maximum atomic E-state index is 8.76. The molecule has 1 N–H and O–H groups in total. The lowest BCUT2D eigenvalue weighted by Gasteiger charge is -1.93. The first-order valence-corrected chi connectivity index (χ1v) is 4.36. The van der Waals surface area contributed by atoms with E-state index in [0.717, 1.165) is 17.9 Å². The fourth-order valence-corrected chi connectivity index (χ4v) is 1.70. The molecule has 0 amide bonds. The van der Waals surface area contributed by atoms with Crippen LogP contribution in [0.1, 0.15) is 9.75 Å². The van der Waals surface area contributed by atoms with Crippen LogP contribution in [0.2, 0.25) is 0 Å². The van der Waals surface area contributed by atoms with Crippen molar-refractivity contribution in [3.8, 4) is 0 Å². The highest BCUT2D eigenvalue weighted by atomic mass is 32.1. The Morgan fingerprint density at radius 1 is 1.45 bits per heavy atom. The van der Waals surface area contributed by atoms with Crippen molar-refractivity contribution >= 4 is 11.3 Å². The van der Waals surface area contributed by atoms with E-state index in [1.54, 1.807) is 18.4 Å². The van der Waals surface area contributed by atoms with Crippen molar-refractivity contribution in [2.45, 2.75) is 13.0 Å². The molecule has 1 aromatic rings. The molecule has 0 aliphatic rings. The lowest BCUT2D eigenvalue weighted by molar-refractivity contribution is 0.203. The predicted octanol–water partition coefficient (Wildman–Crippen LogP) is 1.43. The quantitative estimate of drug-likeness (QED) is 0.744. The Morgan fingerprint density at radius 3 is 2.73 bits per heavy atom. The Labute approximate surface area is 70.4 Å². The molecule has 1 heterocycles. The summed E-state index contributed by atoms with van der Waals surface area (Å²) in [5.41, 5.74) is 0. The molecule has 0 aromatic carbocycles. The molecular weight excluding hydrogens is 160 g/mol. The van der Waals surface area contributed by atoms with Gasteiger partial charge in [-0.05, 0) is 12.1 Å².